The van der Waals surface area contributed by atoms with Gasteiger partial charge in [0, 0.05) is 12.1 Å². The molecule has 3 rings (SSSR count). The highest BCUT2D eigenvalue weighted by Crippen LogP contribution is 2.26. The molecule has 0 radical (unpaired) electrons. The maximum absolute atomic E-state index is 13.9. The number of sulfonamides is 1. The van der Waals surface area contributed by atoms with Crippen molar-refractivity contribution in [3.05, 3.63) is 90.5 Å². The molecule has 0 heterocycles. The van der Waals surface area contributed by atoms with Crippen molar-refractivity contribution in [2.45, 2.75) is 57.6 Å². The Hall–Kier alpha value is -3.85. The quantitative estimate of drug-likeness (QED) is 0.375. The lowest BCUT2D eigenvalue weighted by Crippen LogP contribution is -2.54. The van der Waals surface area contributed by atoms with Gasteiger partial charge in [-0.1, -0.05) is 48.5 Å². The summed E-state index contributed by atoms with van der Waals surface area (Å²) in [4.78, 5) is 28.5. The van der Waals surface area contributed by atoms with Crippen LogP contribution < -0.4 is 14.4 Å². The fourth-order valence-electron chi connectivity index (χ4n) is 3.96. The molecule has 2 amide bonds. The number of carbonyl (C=O) groups is 2. The first-order chi connectivity index (χ1) is 18.4. The van der Waals surface area contributed by atoms with Gasteiger partial charge in [0.05, 0.1) is 17.2 Å². The molecule has 0 spiro atoms. The summed E-state index contributed by atoms with van der Waals surface area (Å²) in [5.41, 5.74) is 0.625. The van der Waals surface area contributed by atoms with Crippen LogP contribution in [0.4, 0.5) is 5.69 Å². The predicted molar refractivity (Wildman–Crippen MR) is 153 cm³/mol. The molecule has 39 heavy (non-hydrogen) atoms. The SMILES string of the molecule is CCOc1ccc(N(CC(=O)N(Cc2ccccc2)C(C)C(=O)NC(C)(C)C)S(=O)(=O)c2ccccc2)cc1. The van der Waals surface area contributed by atoms with Gasteiger partial charge in [-0.15, -0.1) is 0 Å². The van der Waals surface area contributed by atoms with Crippen LogP contribution in [0.2, 0.25) is 0 Å². The second-order valence-corrected chi connectivity index (χ2v) is 12.0. The third-order valence-electron chi connectivity index (χ3n) is 5.91. The maximum Gasteiger partial charge on any atom is 0.264 e. The Balaban J connectivity index is 2.01. The van der Waals surface area contributed by atoms with E-state index in [1.54, 1.807) is 49.4 Å². The molecule has 1 atom stereocenters. The van der Waals surface area contributed by atoms with Crippen LogP contribution in [-0.2, 0) is 26.2 Å². The highest BCUT2D eigenvalue weighted by Gasteiger charge is 2.33. The minimum absolute atomic E-state index is 0.0554. The Morgan fingerprint density at radius 1 is 0.897 bits per heavy atom. The molecular formula is C30H37N3O5S. The first-order valence-corrected chi connectivity index (χ1v) is 14.3. The van der Waals surface area contributed by atoms with Crippen LogP contribution in [0, 0.1) is 0 Å². The van der Waals surface area contributed by atoms with Gasteiger partial charge in [-0.2, -0.15) is 0 Å². The molecule has 9 heteroatoms. The van der Waals surface area contributed by atoms with Gasteiger partial charge in [0.15, 0.2) is 0 Å². The predicted octanol–water partition coefficient (Wildman–Crippen LogP) is 4.61. The number of rotatable bonds is 11. The minimum atomic E-state index is -4.11. The number of amides is 2. The van der Waals surface area contributed by atoms with E-state index >= 15 is 0 Å². The third kappa shape index (κ3) is 8.07. The Bertz CT molecular complexity index is 1340. The number of nitrogens with one attached hydrogen (secondary N) is 1. The molecule has 0 bridgehead atoms. The molecule has 8 nitrogen and oxygen atoms in total. The van der Waals surface area contributed by atoms with E-state index in [4.69, 9.17) is 4.74 Å². The van der Waals surface area contributed by atoms with Crippen molar-refractivity contribution in [2.24, 2.45) is 0 Å². The Morgan fingerprint density at radius 2 is 1.46 bits per heavy atom. The molecule has 0 saturated heterocycles. The number of benzene rings is 3. The summed E-state index contributed by atoms with van der Waals surface area (Å²) in [6.07, 6.45) is 0. The summed E-state index contributed by atoms with van der Waals surface area (Å²) >= 11 is 0. The summed E-state index contributed by atoms with van der Waals surface area (Å²) < 4.78 is 34.2. The van der Waals surface area contributed by atoms with E-state index in [2.05, 4.69) is 5.32 Å². The number of hydrogen-bond acceptors (Lipinski definition) is 5. The standard InChI is InChI=1S/C30H37N3O5S/c1-6-38-26-19-17-25(18-20-26)33(39(36,37)27-15-11-8-12-16-27)22-28(34)32(21-24-13-9-7-10-14-24)23(2)29(35)31-30(3,4)5/h7-20,23H,6,21-22H2,1-5H3,(H,31,35). The number of ether oxygens (including phenoxy) is 1. The normalized spacial score (nSPS) is 12.3. The largest absolute Gasteiger partial charge is 0.494 e. The molecule has 0 fully saturated rings. The molecule has 1 unspecified atom stereocenters. The van der Waals surface area contributed by atoms with E-state index in [0.29, 0.717) is 18.0 Å². The van der Waals surface area contributed by atoms with Gasteiger partial charge in [-0.25, -0.2) is 8.42 Å². The number of anilines is 1. The van der Waals surface area contributed by atoms with E-state index in [1.165, 1.54) is 17.0 Å². The van der Waals surface area contributed by atoms with Crippen LogP contribution >= 0.6 is 0 Å². The summed E-state index contributed by atoms with van der Waals surface area (Å²) in [5, 5.41) is 2.92. The third-order valence-corrected chi connectivity index (χ3v) is 7.70. The molecule has 208 valence electrons. The van der Waals surface area contributed by atoms with Crippen molar-refractivity contribution >= 4 is 27.5 Å². The van der Waals surface area contributed by atoms with E-state index in [0.717, 1.165) is 9.87 Å². The number of hydrogen-bond donors (Lipinski definition) is 1. The molecule has 0 aliphatic carbocycles. The zero-order valence-corrected chi connectivity index (χ0v) is 23.9. The lowest BCUT2D eigenvalue weighted by atomic mass is 10.1. The lowest BCUT2D eigenvalue weighted by molar-refractivity contribution is -0.140. The van der Waals surface area contributed by atoms with Gasteiger partial charge in [0.1, 0.15) is 18.3 Å². The summed E-state index contributed by atoms with van der Waals surface area (Å²) in [6, 6.07) is 22.9. The second kappa shape index (κ2) is 12.8. The van der Waals surface area contributed by atoms with Gasteiger partial charge in [0.2, 0.25) is 11.8 Å². The number of carbonyl (C=O) groups excluding carboxylic acids is 2. The van der Waals surface area contributed by atoms with Gasteiger partial charge < -0.3 is 15.0 Å². The van der Waals surface area contributed by atoms with Crippen molar-refractivity contribution in [1.29, 1.82) is 0 Å². The molecular weight excluding hydrogens is 514 g/mol. The monoisotopic (exact) mass is 551 g/mol. The minimum Gasteiger partial charge on any atom is -0.494 e. The molecule has 1 N–H and O–H groups in total. The molecule has 0 aliphatic rings. The van der Waals surface area contributed by atoms with E-state index in [9.17, 15) is 18.0 Å². The van der Waals surface area contributed by atoms with Gasteiger partial charge in [0.25, 0.3) is 10.0 Å². The fourth-order valence-corrected chi connectivity index (χ4v) is 5.40. The highest BCUT2D eigenvalue weighted by molar-refractivity contribution is 7.92. The topological polar surface area (TPSA) is 96.0 Å². The smallest absolute Gasteiger partial charge is 0.264 e. The first-order valence-electron chi connectivity index (χ1n) is 12.9. The first kappa shape index (κ1) is 29.7. The zero-order valence-electron chi connectivity index (χ0n) is 23.1. The second-order valence-electron chi connectivity index (χ2n) is 10.2. The average molecular weight is 552 g/mol. The summed E-state index contributed by atoms with van der Waals surface area (Å²) in [6.45, 7) is 9.20. The molecule has 0 aromatic heterocycles. The molecule has 0 aliphatic heterocycles. The van der Waals surface area contributed by atoms with Crippen LogP contribution in [0.15, 0.2) is 89.8 Å². The number of nitrogens with zero attached hydrogens (tertiary/aromatic N) is 2. The average Bonchev–Trinajstić information content (AvgIpc) is 2.90. The Morgan fingerprint density at radius 3 is 2.00 bits per heavy atom. The van der Waals surface area contributed by atoms with Crippen molar-refractivity contribution in [1.82, 2.24) is 10.2 Å². The van der Waals surface area contributed by atoms with Crippen LogP contribution in [0.25, 0.3) is 0 Å². The molecule has 3 aromatic rings. The lowest BCUT2D eigenvalue weighted by Gasteiger charge is -2.33. The highest BCUT2D eigenvalue weighted by atomic mass is 32.2. The van der Waals surface area contributed by atoms with Crippen molar-refractivity contribution in [2.75, 3.05) is 17.5 Å². The van der Waals surface area contributed by atoms with Crippen LogP contribution in [-0.4, -0.2) is 49.9 Å². The van der Waals surface area contributed by atoms with Crippen molar-refractivity contribution < 1.29 is 22.7 Å². The molecule has 3 aromatic carbocycles. The van der Waals surface area contributed by atoms with Gasteiger partial charge in [-0.05, 0) is 76.6 Å². The van der Waals surface area contributed by atoms with Crippen LogP contribution in [0.1, 0.15) is 40.2 Å². The van der Waals surface area contributed by atoms with E-state index < -0.39 is 34.1 Å². The fraction of sp³-hybridized carbons (Fsp3) is 0.333. The molecule has 0 saturated carbocycles. The van der Waals surface area contributed by atoms with Gasteiger partial charge >= 0.3 is 0 Å². The van der Waals surface area contributed by atoms with E-state index in [-0.39, 0.29) is 17.3 Å². The maximum atomic E-state index is 13.9. The van der Waals surface area contributed by atoms with Gasteiger partial charge in [-0.3, -0.25) is 13.9 Å². The van der Waals surface area contributed by atoms with Crippen molar-refractivity contribution in [3.63, 3.8) is 0 Å². The Labute approximate surface area is 231 Å². The Kier molecular flexibility index (Phi) is 9.75. The van der Waals surface area contributed by atoms with E-state index in [1.807, 2.05) is 58.0 Å². The van der Waals surface area contributed by atoms with Crippen LogP contribution in [0.3, 0.4) is 0 Å². The zero-order chi connectivity index (χ0) is 28.6. The summed E-state index contributed by atoms with van der Waals surface area (Å²) in [7, 11) is -4.11. The van der Waals surface area contributed by atoms with Crippen LogP contribution in [0.5, 0.6) is 5.75 Å². The van der Waals surface area contributed by atoms with Crippen molar-refractivity contribution in [3.8, 4) is 5.75 Å². The summed E-state index contributed by atoms with van der Waals surface area (Å²) in [5.74, 6) is -0.253.